The lowest BCUT2D eigenvalue weighted by atomic mass is 10.1. The molecule has 1 heterocycles. The summed E-state index contributed by atoms with van der Waals surface area (Å²) in [4.78, 5) is 6.97. The van der Waals surface area contributed by atoms with Crippen LogP contribution in [0.2, 0.25) is 0 Å². The molecule has 0 aliphatic carbocycles. The molecule has 2 N–H and O–H groups in total. The predicted molar refractivity (Wildman–Crippen MR) is 125 cm³/mol. The summed E-state index contributed by atoms with van der Waals surface area (Å²) in [7, 11) is 2.10. The van der Waals surface area contributed by atoms with Crippen LogP contribution >= 0.6 is 24.0 Å². The van der Waals surface area contributed by atoms with Crippen molar-refractivity contribution in [1.82, 2.24) is 15.5 Å². The first-order chi connectivity index (χ1) is 13.2. The van der Waals surface area contributed by atoms with E-state index in [0.29, 0.717) is 13.2 Å². The number of rotatable bonds is 11. The maximum atomic E-state index is 5.44. The Morgan fingerprint density at radius 1 is 1.07 bits per heavy atom. The summed E-state index contributed by atoms with van der Waals surface area (Å²) < 4.78 is 10.8. The maximum Gasteiger partial charge on any atom is 0.191 e. The lowest BCUT2D eigenvalue weighted by Gasteiger charge is -2.17. The molecule has 0 saturated heterocycles. The first-order valence-electron chi connectivity index (χ1n) is 9.60. The van der Waals surface area contributed by atoms with Crippen LogP contribution in [0.25, 0.3) is 0 Å². The maximum absolute atomic E-state index is 5.44. The molecule has 2 aromatic rings. The molecule has 0 saturated carbocycles. The quantitative estimate of drug-likeness (QED) is 0.214. The van der Waals surface area contributed by atoms with E-state index in [1.807, 2.05) is 19.1 Å². The Labute approximate surface area is 185 Å². The van der Waals surface area contributed by atoms with Gasteiger partial charge in [0.1, 0.15) is 5.76 Å². The first-order valence-corrected chi connectivity index (χ1v) is 9.60. The molecule has 0 aliphatic heterocycles. The molecule has 28 heavy (non-hydrogen) atoms. The molecular weight excluding hydrogens is 467 g/mol. The van der Waals surface area contributed by atoms with Crippen LogP contribution < -0.4 is 10.6 Å². The second kappa shape index (κ2) is 14.4. The van der Waals surface area contributed by atoms with Crippen LogP contribution in [-0.4, -0.2) is 44.2 Å². The average molecular weight is 500 g/mol. The molecule has 0 amide bonds. The third-order valence-corrected chi connectivity index (χ3v) is 4.06. The number of hydrogen-bond acceptors (Lipinski definition) is 4. The normalized spacial score (nSPS) is 11.4. The molecule has 0 atom stereocenters. The van der Waals surface area contributed by atoms with Crippen LogP contribution in [-0.2, 0) is 24.4 Å². The van der Waals surface area contributed by atoms with Gasteiger partial charge in [-0.05, 0) is 44.2 Å². The van der Waals surface area contributed by atoms with Gasteiger partial charge in [-0.1, -0.05) is 24.3 Å². The van der Waals surface area contributed by atoms with Crippen LogP contribution in [0.5, 0.6) is 0 Å². The molecule has 0 spiro atoms. The fourth-order valence-corrected chi connectivity index (χ4v) is 2.77. The number of furan rings is 1. The van der Waals surface area contributed by atoms with E-state index in [-0.39, 0.29) is 24.0 Å². The molecule has 156 valence electrons. The lowest BCUT2D eigenvalue weighted by Crippen LogP contribution is -2.39. The van der Waals surface area contributed by atoms with Crippen molar-refractivity contribution < 1.29 is 9.15 Å². The number of benzene rings is 1. The number of nitrogens with zero attached hydrogens (tertiary/aromatic N) is 2. The van der Waals surface area contributed by atoms with E-state index in [0.717, 1.165) is 44.5 Å². The smallest absolute Gasteiger partial charge is 0.191 e. The second-order valence-corrected chi connectivity index (χ2v) is 6.34. The molecule has 1 aromatic heterocycles. The molecule has 7 heteroatoms. The second-order valence-electron chi connectivity index (χ2n) is 6.34. The van der Waals surface area contributed by atoms with Crippen LogP contribution in [0.4, 0.5) is 0 Å². The highest BCUT2D eigenvalue weighted by molar-refractivity contribution is 14.0. The van der Waals surface area contributed by atoms with Gasteiger partial charge in [0.2, 0.25) is 0 Å². The number of hydrogen-bond donors (Lipinski definition) is 2. The summed E-state index contributed by atoms with van der Waals surface area (Å²) in [5.74, 6) is 1.79. The van der Waals surface area contributed by atoms with Crippen molar-refractivity contribution in [2.75, 3.05) is 33.4 Å². The Bertz CT molecular complexity index is 677. The summed E-state index contributed by atoms with van der Waals surface area (Å²) in [5, 5.41) is 6.59. The molecule has 6 nitrogen and oxygen atoms in total. The van der Waals surface area contributed by atoms with E-state index < -0.39 is 0 Å². The molecule has 1 aromatic carbocycles. The van der Waals surface area contributed by atoms with Gasteiger partial charge in [-0.3, -0.25) is 4.90 Å². The highest BCUT2D eigenvalue weighted by atomic mass is 127. The van der Waals surface area contributed by atoms with E-state index >= 15 is 0 Å². The summed E-state index contributed by atoms with van der Waals surface area (Å²) in [5.41, 5.74) is 2.51. The highest BCUT2D eigenvalue weighted by Crippen LogP contribution is 2.14. The third-order valence-electron chi connectivity index (χ3n) is 4.06. The number of nitrogens with one attached hydrogen (secondary N) is 2. The van der Waals surface area contributed by atoms with E-state index in [1.54, 1.807) is 6.26 Å². The van der Waals surface area contributed by atoms with Gasteiger partial charge in [-0.15, -0.1) is 24.0 Å². The lowest BCUT2D eigenvalue weighted by molar-refractivity contribution is 0.152. The van der Waals surface area contributed by atoms with Gasteiger partial charge >= 0.3 is 0 Å². The Morgan fingerprint density at radius 2 is 1.86 bits per heavy atom. The van der Waals surface area contributed by atoms with Crippen molar-refractivity contribution >= 4 is 29.9 Å². The van der Waals surface area contributed by atoms with Crippen LogP contribution in [0.15, 0.2) is 52.1 Å². The Balaban J connectivity index is 0.00000392. The summed E-state index contributed by atoms with van der Waals surface area (Å²) >= 11 is 0. The minimum absolute atomic E-state index is 0. The molecule has 0 unspecified atom stereocenters. The van der Waals surface area contributed by atoms with Gasteiger partial charge in [0.15, 0.2) is 5.96 Å². The SMILES string of the molecule is CCNC(=NCc1ccccc1CN(C)Cc1ccco1)NCCOCC.I. The summed E-state index contributed by atoms with van der Waals surface area (Å²) in [6, 6.07) is 12.4. The molecular formula is C21H33IN4O2. The fraction of sp³-hybridized carbons (Fsp3) is 0.476. The highest BCUT2D eigenvalue weighted by Gasteiger charge is 2.08. The van der Waals surface area contributed by atoms with E-state index in [9.17, 15) is 0 Å². The van der Waals surface area contributed by atoms with Gasteiger partial charge in [0, 0.05) is 26.2 Å². The van der Waals surface area contributed by atoms with Crippen LogP contribution in [0, 0.1) is 0 Å². The molecule has 0 bridgehead atoms. The van der Waals surface area contributed by atoms with Gasteiger partial charge in [-0.25, -0.2) is 4.99 Å². The van der Waals surface area contributed by atoms with E-state index in [4.69, 9.17) is 14.1 Å². The van der Waals surface area contributed by atoms with Crippen molar-refractivity contribution in [3.8, 4) is 0 Å². The molecule has 0 radical (unpaired) electrons. The predicted octanol–water partition coefficient (Wildman–Crippen LogP) is 3.62. The van der Waals surface area contributed by atoms with Gasteiger partial charge in [0.05, 0.1) is 26.0 Å². The first kappa shape index (κ1) is 24.5. The van der Waals surface area contributed by atoms with E-state index in [2.05, 4.69) is 53.8 Å². The van der Waals surface area contributed by atoms with E-state index in [1.165, 1.54) is 11.1 Å². The number of guanidine groups is 1. The van der Waals surface area contributed by atoms with Crippen molar-refractivity contribution in [3.63, 3.8) is 0 Å². The molecule has 0 fully saturated rings. The van der Waals surface area contributed by atoms with Gasteiger partial charge in [0.25, 0.3) is 0 Å². The fourth-order valence-electron chi connectivity index (χ4n) is 2.77. The van der Waals surface area contributed by atoms with Gasteiger partial charge in [-0.2, -0.15) is 0 Å². The van der Waals surface area contributed by atoms with Crippen molar-refractivity contribution in [3.05, 3.63) is 59.5 Å². The van der Waals surface area contributed by atoms with Crippen molar-refractivity contribution in [2.45, 2.75) is 33.5 Å². The topological polar surface area (TPSA) is 62.0 Å². The minimum Gasteiger partial charge on any atom is -0.468 e. The largest absolute Gasteiger partial charge is 0.468 e. The zero-order valence-electron chi connectivity index (χ0n) is 17.1. The zero-order chi connectivity index (χ0) is 19.3. The minimum atomic E-state index is 0. The Morgan fingerprint density at radius 3 is 2.54 bits per heavy atom. The average Bonchev–Trinajstić information content (AvgIpc) is 3.17. The van der Waals surface area contributed by atoms with Crippen LogP contribution in [0.3, 0.4) is 0 Å². The standard InChI is InChI=1S/C21H32N4O2.HI/c1-4-22-21(23-12-14-26-5-2)24-15-18-9-6-7-10-19(18)16-25(3)17-20-11-8-13-27-20;/h6-11,13H,4-5,12,14-17H2,1-3H3,(H2,22,23,24);1H. The molecule has 2 rings (SSSR count). The monoisotopic (exact) mass is 500 g/mol. The van der Waals surface area contributed by atoms with Crippen LogP contribution in [0.1, 0.15) is 30.7 Å². The van der Waals surface area contributed by atoms with Crippen molar-refractivity contribution in [2.24, 2.45) is 4.99 Å². The Kier molecular flexibility index (Phi) is 12.6. The summed E-state index contributed by atoms with van der Waals surface area (Å²) in [6.45, 7) is 9.31. The Hall–Kier alpha value is -1.58. The molecule has 0 aliphatic rings. The summed E-state index contributed by atoms with van der Waals surface area (Å²) in [6.07, 6.45) is 1.71. The van der Waals surface area contributed by atoms with Crippen molar-refractivity contribution in [1.29, 1.82) is 0 Å². The number of aliphatic imine (C=N–C) groups is 1. The zero-order valence-corrected chi connectivity index (χ0v) is 19.4. The number of halogens is 1. The van der Waals surface area contributed by atoms with Gasteiger partial charge < -0.3 is 19.8 Å². The third kappa shape index (κ3) is 9.07. The number of ether oxygens (including phenoxy) is 1.